The Hall–Kier alpha value is -1.90. The number of carbonyl (C=O) groups excluding carboxylic acids is 1. The van der Waals surface area contributed by atoms with E-state index in [4.69, 9.17) is 0 Å². The van der Waals surface area contributed by atoms with Gasteiger partial charge in [0.05, 0.1) is 0 Å². The van der Waals surface area contributed by atoms with Crippen molar-refractivity contribution < 1.29 is 4.79 Å². The molecule has 92 valence electrons. The van der Waals surface area contributed by atoms with E-state index in [2.05, 4.69) is 34.2 Å². The Kier molecular flexibility index (Phi) is 2.97. The molecule has 0 fully saturated rings. The van der Waals surface area contributed by atoms with Crippen LogP contribution in [0.15, 0.2) is 36.7 Å². The second-order valence-corrected chi connectivity index (χ2v) is 4.85. The van der Waals surface area contributed by atoms with Crippen LogP contribution in [0.5, 0.6) is 0 Å². The molecule has 1 N–H and O–H groups in total. The molecule has 0 aliphatic heterocycles. The highest BCUT2D eigenvalue weighted by Crippen LogP contribution is 2.34. The molecular formula is C15H16N2O. The fourth-order valence-electron chi connectivity index (χ4n) is 2.80. The van der Waals surface area contributed by atoms with Crippen LogP contribution in [0.3, 0.4) is 0 Å². The number of benzene rings is 1. The first-order valence-electron chi connectivity index (χ1n) is 6.45. The summed E-state index contributed by atoms with van der Waals surface area (Å²) in [5, 5.41) is 0. The zero-order chi connectivity index (χ0) is 12.4. The molecule has 0 saturated heterocycles. The summed E-state index contributed by atoms with van der Waals surface area (Å²) >= 11 is 0. The quantitative estimate of drug-likeness (QED) is 0.838. The van der Waals surface area contributed by atoms with Gasteiger partial charge in [-0.25, -0.2) is 4.98 Å². The van der Waals surface area contributed by atoms with Gasteiger partial charge in [-0.15, -0.1) is 0 Å². The van der Waals surface area contributed by atoms with E-state index < -0.39 is 0 Å². The number of imidazole rings is 1. The minimum Gasteiger partial charge on any atom is -0.342 e. The van der Waals surface area contributed by atoms with E-state index >= 15 is 0 Å². The molecule has 18 heavy (non-hydrogen) atoms. The summed E-state index contributed by atoms with van der Waals surface area (Å²) < 4.78 is 0. The predicted molar refractivity (Wildman–Crippen MR) is 69.7 cm³/mol. The normalized spacial score (nSPS) is 18.3. The van der Waals surface area contributed by atoms with E-state index in [-0.39, 0.29) is 5.78 Å². The molecule has 1 aromatic heterocycles. The number of ketones is 1. The summed E-state index contributed by atoms with van der Waals surface area (Å²) in [6.07, 6.45) is 7.30. The summed E-state index contributed by atoms with van der Waals surface area (Å²) in [7, 11) is 0. The van der Waals surface area contributed by atoms with Crippen molar-refractivity contribution in [2.75, 3.05) is 0 Å². The number of hydrogen-bond acceptors (Lipinski definition) is 2. The number of hydrogen-bond donors (Lipinski definition) is 1. The molecule has 0 spiro atoms. The lowest BCUT2D eigenvalue weighted by molar-refractivity contribution is 0.0962. The molecule has 0 amide bonds. The van der Waals surface area contributed by atoms with Gasteiger partial charge in [-0.3, -0.25) is 4.79 Å². The molecule has 3 rings (SSSR count). The van der Waals surface area contributed by atoms with Gasteiger partial charge < -0.3 is 4.98 Å². The molecule has 1 heterocycles. The number of nitrogens with zero attached hydrogens (tertiary/aromatic N) is 1. The number of Topliss-reactive ketones (excluding diaryl/α,β-unsaturated/α-hetero) is 1. The van der Waals surface area contributed by atoms with Gasteiger partial charge in [0.1, 0.15) is 0 Å². The van der Waals surface area contributed by atoms with Crippen molar-refractivity contribution in [3.63, 3.8) is 0 Å². The van der Waals surface area contributed by atoms with E-state index in [0.29, 0.717) is 18.2 Å². The van der Waals surface area contributed by atoms with Gasteiger partial charge in [0, 0.05) is 18.8 Å². The van der Waals surface area contributed by atoms with Crippen molar-refractivity contribution in [1.82, 2.24) is 9.97 Å². The number of nitrogens with one attached hydrogen (secondary N) is 1. The Bertz CT molecular complexity index is 545. The van der Waals surface area contributed by atoms with Gasteiger partial charge in [-0.2, -0.15) is 0 Å². The van der Waals surface area contributed by atoms with Crippen LogP contribution >= 0.6 is 0 Å². The fourth-order valence-corrected chi connectivity index (χ4v) is 2.80. The highest BCUT2D eigenvalue weighted by molar-refractivity contribution is 5.93. The van der Waals surface area contributed by atoms with Crippen LogP contribution in [-0.4, -0.2) is 15.8 Å². The second kappa shape index (κ2) is 4.77. The summed E-state index contributed by atoms with van der Waals surface area (Å²) in [6, 6.07) is 8.48. The number of fused-ring (bicyclic) bond motifs is 1. The molecule has 0 radical (unpaired) electrons. The third-order valence-corrected chi connectivity index (χ3v) is 3.69. The van der Waals surface area contributed by atoms with Crippen LogP contribution in [0.4, 0.5) is 0 Å². The minimum absolute atomic E-state index is 0.113. The van der Waals surface area contributed by atoms with Crippen molar-refractivity contribution >= 4 is 5.78 Å². The topological polar surface area (TPSA) is 45.8 Å². The van der Waals surface area contributed by atoms with Gasteiger partial charge in [-0.1, -0.05) is 24.3 Å². The first-order valence-corrected chi connectivity index (χ1v) is 6.45. The molecule has 0 saturated carbocycles. The highest BCUT2D eigenvalue weighted by Gasteiger charge is 2.23. The Labute approximate surface area is 106 Å². The van der Waals surface area contributed by atoms with Crippen LogP contribution in [0.2, 0.25) is 0 Å². The Morgan fingerprint density at radius 2 is 2.28 bits per heavy atom. The van der Waals surface area contributed by atoms with E-state index in [0.717, 1.165) is 12.8 Å². The first-order chi connectivity index (χ1) is 8.84. The van der Waals surface area contributed by atoms with Crippen LogP contribution in [0.25, 0.3) is 0 Å². The van der Waals surface area contributed by atoms with E-state index in [9.17, 15) is 4.79 Å². The lowest BCUT2D eigenvalue weighted by Crippen LogP contribution is -2.14. The number of aromatic amines is 1. The van der Waals surface area contributed by atoms with E-state index in [1.54, 1.807) is 12.4 Å². The maximum atomic E-state index is 12.1. The lowest BCUT2D eigenvalue weighted by atomic mass is 9.80. The van der Waals surface area contributed by atoms with Gasteiger partial charge in [0.15, 0.2) is 11.6 Å². The van der Waals surface area contributed by atoms with Crippen molar-refractivity contribution in [3.8, 4) is 0 Å². The molecule has 1 aliphatic rings. The number of aryl methyl sites for hydroxylation is 1. The van der Waals surface area contributed by atoms with Gasteiger partial charge >= 0.3 is 0 Å². The summed E-state index contributed by atoms with van der Waals surface area (Å²) in [6.45, 7) is 0. The Balaban J connectivity index is 1.80. The molecule has 0 bridgehead atoms. The third kappa shape index (κ3) is 2.08. The highest BCUT2D eigenvalue weighted by atomic mass is 16.1. The van der Waals surface area contributed by atoms with Crippen LogP contribution < -0.4 is 0 Å². The molecule has 1 aliphatic carbocycles. The van der Waals surface area contributed by atoms with Gasteiger partial charge in [-0.05, 0) is 36.3 Å². The molecule has 2 aromatic rings. The van der Waals surface area contributed by atoms with E-state index in [1.807, 2.05) is 0 Å². The number of H-pyrrole nitrogens is 1. The van der Waals surface area contributed by atoms with Crippen molar-refractivity contribution in [2.45, 2.75) is 31.6 Å². The molecule has 1 unspecified atom stereocenters. The smallest absolute Gasteiger partial charge is 0.198 e. The second-order valence-electron chi connectivity index (χ2n) is 4.85. The average Bonchev–Trinajstić information content (AvgIpc) is 2.93. The van der Waals surface area contributed by atoms with Crippen LogP contribution in [-0.2, 0) is 6.42 Å². The standard InChI is InChI=1S/C15H16N2O/c18-14(15-16-8-9-17-15)10-12-6-3-5-11-4-1-2-7-13(11)12/h1-2,4,7-9,12H,3,5-6,10H2,(H,16,17). The van der Waals surface area contributed by atoms with Crippen LogP contribution in [0.1, 0.15) is 46.9 Å². The predicted octanol–water partition coefficient (Wildman–Crippen LogP) is 3.10. The largest absolute Gasteiger partial charge is 0.342 e. The first kappa shape index (κ1) is 11.2. The molecule has 1 aromatic carbocycles. The number of rotatable bonds is 3. The SMILES string of the molecule is O=C(CC1CCCc2ccccc21)c1ncc[nH]1. The third-order valence-electron chi connectivity index (χ3n) is 3.69. The average molecular weight is 240 g/mol. The molecular weight excluding hydrogens is 224 g/mol. The molecule has 1 atom stereocenters. The zero-order valence-electron chi connectivity index (χ0n) is 10.2. The van der Waals surface area contributed by atoms with E-state index in [1.165, 1.54) is 17.5 Å². The van der Waals surface area contributed by atoms with Crippen molar-refractivity contribution in [3.05, 3.63) is 53.6 Å². The Morgan fingerprint density at radius 1 is 1.39 bits per heavy atom. The van der Waals surface area contributed by atoms with Gasteiger partial charge in [0.25, 0.3) is 0 Å². The lowest BCUT2D eigenvalue weighted by Gasteiger charge is -2.24. The fraction of sp³-hybridized carbons (Fsp3) is 0.333. The monoisotopic (exact) mass is 240 g/mol. The summed E-state index contributed by atoms with van der Waals surface area (Å²) in [4.78, 5) is 19.0. The van der Waals surface area contributed by atoms with Crippen molar-refractivity contribution in [1.29, 1.82) is 0 Å². The Morgan fingerprint density at radius 3 is 3.11 bits per heavy atom. The maximum absolute atomic E-state index is 12.1. The van der Waals surface area contributed by atoms with Gasteiger partial charge in [0.2, 0.25) is 0 Å². The summed E-state index contributed by atoms with van der Waals surface area (Å²) in [5.74, 6) is 0.951. The maximum Gasteiger partial charge on any atom is 0.198 e. The molecule has 3 heteroatoms. The van der Waals surface area contributed by atoms with Crippen molar-refractivity contribution in [2.24, 2.45) is 0 Å². The minimum atomic E-state index is 0.113. The van der Waals surface area contributed by atoms with Crippen LogP contribution in [0, 0.1) is 0 Å². The number of carbonyl (C=O) groups is 1. The zero-order valence-corrected chi connectivity index (χ0v) is 10.2. The number of aromatic nitrogens is 2. The summed E-state index contributed by atoms with van der Waals surface area (Å²) in [5.41, 5.74) is 2.75. The molecule has 3 nitrogen and oxygen atoms in total.